The summed E-state index contributed by atoms with van der Waals surface area (Å²) in [5.74, 6) is -0.852. The predicted octanol–water partition coefficient (Wildman–Crippen LogP) is 2.04. The maximum Gasteiger partial charge on any atom is 0.335 e. The average Bonchev–Trinajstić information content (AvgIpc) is 2.42. The van der Waals surface area contributed by atoms with Crippen molar-refractivity contribution in [1.29, 1.82) is 0 Å². The van der Waals surface area contributed by atoms with Crippen LogP contribution in [0.2, 0.25) is 0 Å². The van der Waals surface area contributed by atoms with Crippen molar-refractivity contribution in [1.82, 2.24) is 5.32 Å². The molecule has 1 saturated heterocycles. The standard InChI is InChI=1S/C14H18FNO3/c15-13-2-1-11(14(17)18)7-12(13)9-16-8-10-3-5-19-6-4-10/h1-2,7,10,16H,3-6,8-9H2,(H,17,18). The molecule has 0 spiro atoms. The maximum atomic E-state index is 13.5. The number of aromatic carboxylic acids is 1. The number of ether oxygens (including phenoxy) is 1. The minimum atomic E-state index is -1.04. The second-order valence-corrected chi connectivity index (χ2v) is 4.80. The number of carbonyl (C=O) groups is 1. The van der Waals surface area contributed by atoms with Crippen LogP contribution in [0.3, 0.4) is 0 Å². The Hall–Kier alpha value is -1.46. The summed E-state index contributed by atoms with van der Waals surface area (Å²) in [6.07, 6.45) is 2.04. The van der Waals surface area contributed by atoms with Gasteiger partial charge < -0.3 is 15.2 Å². The van der Waals surface area contributed by atoms with Gasteiger partial charge in [-0.1, -0.05) is 0 Å². The summed E-state index contributed by atoms with van der Waals surface area (Å²) in [4.78, 5) is 10.8. The summed E-state index contributed by atoms with van der Waals surface area (Å²) in [5, 5.41) is 12.1. The van der Waals surface area contributed by atoms with Gasteiger partial charge in [-0.15, -0.1) is 0 Å². The molecule has 1 fully saturated rings. The van der Waals surface area contributed by atoms with Crippen molar-refractivity contribution < 1.29 is 19.0 Å². The van der Waals surface area contributed by atoms with Gasteiger partial charge in [0.1, 0.15) is 5.82 Å². The lowest BCUT2D eigenvalue weighted by Gasteiger charge is -2.22. The minimum absolute atomic E-state index is 0.115. The van der Waals surface area contributed by atoms with Gasteiger partial charge in [-0.2, -0.15) is 0 Å². The van der Waals surface area contributed by atoms with Crippen molar-refractivity contribution in [3.8, 4) is 0 Å². The van der Waals surface area contributed by atoms with Crippen LogP contribution in [-0.2, 0) is 11.3 Å². The highest BCUT2D eigenvalue weighted by Gasteiger charge is 2.14. The Balaban J connectivity index is 1.87. The first-order valence-electron chi connectivity index (χ1n) is 6.47. The lowest BCUT2D eigenvalue weighted by atomic mass is 10.0. The summed E-state index contributed by atoms with van der Waals surface area (Å²) in [5.41, 5.74) is 0.510. The number of carboxylic acid groups (broad SMARTS) is 1. The molecule has 1 aromatic rings. The lowest BCUT2D eigenvalue weighted by molar-refractivity contribution is 0.0661. The molecular formula is C14H18FNO3. The van der Waals surface area contributed by atoms with Crippen LogP contribution in [0.25, 0.3) is 0 Å². The van der Waals surface area contributed by atoms with Crippen LogP contribution < -0.4 is 5.32 Å². The molecule has 2 N–H and O–H groups in total. The Morgan fingerprint density at radius 1 is 1.42 bits per heavy atom. The number of hydrogen-bond acceptors (Lipinski definition) is 3. The van der Waals surface area contributed by atoms with E-state index in [-0.39, 0.29) is 11.4 Å². The Morgan fingerprint density at radius 3 is 2.84 bits per heavy atom. The molecule has 104 valence electrons. The van der Waals surface area contributed by atoms with Gasteiger partial charge in [0.05, 0.1) is 5.56 Å². The molecule has 0 saturated carbocycles. The minimum Gasteiger partial charge on any atom is -0.478 e. The van der Waals surface area contributed by atoms with E-state index in [9.17, 15) is 9.18 Å². The summed E-state index contributed by atoms with van der Waals surface area (Å²) >= 11 is 0. The first-order chi connectivity index (χ1) is 9.16. The molecule has 0 amide bonds. The summed E-state index contributed by atoms with van der Waals surface area (Å²) < 4.78 is 18.8. The van der Waals surface area contributed by atoms with Gasteiger partial charge in [0.25, 0.3) is 0 Å². The molecule has 2 rings (SSSR count). The normalized spacial score (nSPS) is 16.5. The van der Waals surface area contributed by atoms with Gasteiger partial charge in [-0.25, -0.2) is 9.18 Å². The zero-order valence-electron chi connectivity index (χ0n) is 10.7. The van der Waals surface area contributed by atoms with E-state index >= 15 is 0 Å². The fourth-order valence-corrected chi connectivity index (χ4v) is 2.20. The molecule has 0 aromatic heterocycles. The molecule has 1 aromatic carbocycles. The molecule has 1 aliphatic rings. The molecule has 19 heavy (non-hydrogen) atoms. The Kier molecular flexibility index (Phi) is 4.87. The van der Waals surface area contributed by atoms with Crippen LogP contribution in [0, 0.1) is 11.7 Å². The van der Waals surface area contributed by atoms with Crippen molar-refractivity contribution in [3.05, 3.63) is 35.1 Å². The average molecular weight is 267 g/mol. The van der Waals surface area contributed by atoms with E-state index in [1.807, 2.05) is 0 Å². The van der Waals surface area contributed by atoms with E-state index in [1.165, 1.54) is 18.2 Å². The SMILES string of the molecule is O=C(O)c1ccc(F)c(CNCC2CCOCC2)c1. The summed E-state index contributed by atoms with van der Waals surface area (Å²) in [6.45, 7) is 2.73. The Morgan fingerprint density at radius 2 is 2.16 bits per heavy atom. The van der Waals surface area contributed by atoms with E-state index in [0.717, 1.165) is 32.6 Å². The third-order valence-electron chi connectivity index (χ3n) is 3.38. The smallest absolute Gasteiger partial charge is 0.335 e. The number of benzene rings is 1. The number of rotatable bonds is 5. The summed E-state index contributed by atoms with van der Waals surface area (Å²) in [6, 6.07) is 3.86. The molecule has 4 nitrogen and oxygen atoms in total. The van der Waals surface area contributed by atoms with E-state index in [2.05, 4.69) is 5.32 Å². The molecule has 1 heterocycles. The third-order valence-corrected chi connectivity index (χ3v) is 3.38. The van der Waals surface area contributed by atoms with Gasteiger partial charge in [-0.3, -0.25) is 0 Å². The molecule has 0 bridgehead atoms. The molecular weight excluding hydrogens is 249 g/mol. The fourth-order valence-electron chi connectivity index (χ4n) is 2.20. The zero-order chi connectivity index (χ0) is 13.7. The van der Waals surface area contributed by atoms with Crippen LogP contribution in [-0.4, -0.2) is 30.8 Å². The Labute approximate surface area is 111 Å². The molecule has 0 radical (unpaired) electrons. The van der Waals surface area contributed by atoms with E-state index in [0.29, 0.717) is 18.0 Å². The highest BCUT2D eigenvalue weighted by atomic mass is 19.1. The van der Waals surface area contributed by atoms with Crippen LogP contribution in [0.15, 0.2) is 18.2 Å². The first-order valence-corrected chi connectivity index (χ1v) is 6.47. The second kappa shape index (κ2) is 6.63. The topological polar surface area (TPSA) is 58.6 Å². The zero-order valence-corrected chi connectivity index (χ0v) is 10.7. The second-order valence-electron chi connectivity index (χ2n) is 4.80. The van der Waals surface area contributed by atoms with Crippen LogP contribution >= 0.6 is 0 Å². The number of carboxylic acids is 1. The van der Waals surface area contributed by atoms with Crippen LogP contribution in [0.5, 0.6) is 0 Å². The molecule has 0 atom stereocenters. The number of nitrogens with one attached hydrogen (secondary N) is 1. The van der Waals surface area contributed by atoms with Crippen LogP contribution in [0.1, 0.15) is 28.8 Å². The fraction of sp³-hybridized carbons (Fsp3) is 0.500. The van der Waals surface area contributed by atoms with Gasteiger partial charge in [0.2, 0.25) is 0 Å². The quantitative estimate of drug-likeness (QED) is 0.857. The van der Waals surface area contributed by atoms with Crippen molar-refractivity contribution in [2.75, 3.05) is 19.8 Å². The van der Waals surface area contributed by atoms with Gasteiger partial charge >= 0.3 is 5.97 Å². The van der Waals surface area contributed by atoms with E-state index < -0.39 is 5.97 Å². The van der Waals surface area contributed by atoms with Crippen LogP contribution in [0.4, 0.5) is 4.39 Å². The van der Waals surface area contributed by atoms with Crippen molar-refractivity contribution >= 4 is 5.97 Å². The highest BCUT2D eigenvalue weighted by molar-refractivity contribution is 5.87. The third kappa shape index (κ3) is 4.01. The highest BCUT2D eigenvalue weighted by Crippen LogP contribution is 2.14. The lowest BCUT2D eigenvalue weighted by Crippen LogP contribution is -2.27. The largest absolute Gasteiger partial charge is 0.478 e. The van der Waals surface area contributed by atoms with E-state index in [4.69, 9.17) is 9.84 Å². The predicted molar refractivity (Wildman–Crippen MR) is 68.6 cm³/mol. The molecule has 0 aliphatic carbocycles. The van der Waals surface area contributed by atoms with Gasteiger partial charge in [-0.05, 0) is 43.5 Å². The van der Waals surface area contributed by atoms with Gasteiger partial charge in [0, 0.05) is 25.3 Å². The first kappa shape index (κ1) is 14.0. The molecule has 5 heteroatoms. The monoisotopic (exact) mass is 267 g/mol. The number of halogens is 1. The molecule has 1 aliphatic heterocycles. The van der Waals surface area contributed by atoms with Crippen molar-refractivity contribution in [3.63, 3.8) is 0 Å². The van der Waals surface area contributed by atoms with E-state index in [1.54, 1.807) is 0 Å². The maximum absolute atomic E-state index is 13.5. The van der Waals surface area contributed by atoms with Crippen molar-refractivity contribution in [2.45, 2.75) is 19.4 Å². The molecule has 0 unspecified atom stereocenters. The Bertz CT molecular complexity index is 444. The number of hydrogen-bond donors (Lipinski definition) is 2. The summed E-state index contributed by atoms with van der Waals surface area (Å²) in [7, 11) is 0. The van der Waals surface area contributed by atoms with Gasteiger partial charge in [0.15, 0.2) is 0 Å². The van der Waals surface area contributed by atoms with Crippen molar-refractivity contribution in [2.24, 2.45) is 5.92 Å².